The maximum Gasteiger partial charge on any atom is 0.339 e. The van der Waals surface area contributed by atoms with Crippen molar-refractivity contribution in [3.8, 4) is 5.75 Å². The topological polar surface area (TPSA) is 69.9 Å². The standard InChI is InChI=1S/C11H13NO3/c1-7(2)12-6-8-3-4-10(13)9(5-8)11(14)15/h3-7,13H,1-2H3,(H,14,15)/b12-6+. The van der Waals surface area contributed by atoms with Crippen LogP contribution in [0.3, 0.4) is 0 Å². The van der Waals surface area contributed by atoms with Gasteiger partial charge < -0.3 is 10.2 Å². The zero-order chi connectivity index (χ0) is 11.4. The summed E-state index contributed by atoms with van der Waals surface area (Å²) in [6.07, 6.45) is 1.59. The smallest absolute Gasteiger partial charge is 0.339 e. The van der Waals surface area contributed by atoms with Gasteiger partial charge in [0.15, 0.2) is 0 Å². The summed E-state index contributed by atoms with van der Waals surface area (Å²) in [7, 11) is 0. The lowest BCUT2D eigenvalue weighted by Crippen LogP contribution is -1.98. The molecule has 0 saturated heterocycles. The number of hydrogen-bond acceptors (Lipinski definition) is 3. The molecular formula is C11H13NO3. The fourth-order valence-electron chi connectivity index (χ4n) is 1.04. The van der Waals surface area contributed by atoms with Gasteiger partial charge in [0.25, 0.3) is 0 Å². The van der Waals surface area contributed by atoms with Gasteiger partial charge in [0, 0.05) is 12.3 Å². The SMILES string of the molecule is CC(C)/N=C/c1ccc(O)c(C(=O)O)c1. The maximum atomic E-state index is 10.7. The number of aromatic carboxylic acids is 1. The van der Waals surface area contributed by atoms with Crippen molar-refractivity contribution >= 4 is 12.2 Å². The third-order valence-corrected chi connectivity index (χ3v) is 1.77. The number of benzene rings is 1. The second kappa shape index (κ2) is 4.59. The zero-order valence-corrected chi connectivity index (χ0v) is 8.64. The van der Waals surface area contributed by atoms with E-state index in [0.717, 1.165) is 0 Å². The predicted octanol–water partition coefficient (Wildman–Crippen LogP) is 1.92. The van der Waals surface area contributed by atoms with Crippen LogP contribution in [0.25, 0.3) is 0 Å². The van der Waals surface area contributed by atoms with Crippen molar-refractivity contribution in [3.05, 3.63) is 29.3 Å². The van der Waals surface area contributed by atoms with Gasteiger partial charge in [0.05, 0.1) is 0 Å². The van der Waals surface area contributed by atoms with E-state index in [1.54, 1.807) is 12.3 Å². The predicted molar refractivity (Wildman–Crippen MR) is 57.8 cm³/mol. The quantitative estimate of drug-likeness (QED) is 0.744. The third kappa shape index (κ3) is 3.09. The Morgan fingerprint density at radius 1 is 1.47 bits per heavy atom. The molecule has 0 amide bonds. The molecule has 0 aliphatic rings. The Bertz CT molecular complexity index is 397. The number of nitrogens with zero attached hydrogens (tertiary/aromatic N) is 1. The lowest BCUT2D eigenvalue weighted by Gasteiger charge is -2.01. The van der Waals surface area contributed by atoms with E-state index < -0.39 is 5.97 Å². The monoisotopic (exact) mass is 207 g/mol. The molecule has 1 aromatic carbocycles. The summed E-state index contributed by atoms with van der Waals surface area (Å²) in [5, 5.41) is 18.0. The molecule has 0 aliphatic heterocycles. The first kappa shape index (κ1) is 11.2. The fraction of sp³-hybridized carbons (Fsp3) is 0.273. The van der Waals surface area contributed by atoms with E-state index in [1.807, 2.05) is 13.8 Å². The van der Waals surface area contributed by atoms with Crippen molar-refractivity contribution in [2.75, 3.05) is 0 Å². The van der Waals surface area contributed by atoms with E-state index >= 15 is 0 Å². The number of phenols is 1. The first-order valence-corrected chi connectivity index (χ1v) is 4.60. The second-order valence-corrected chi connectivity index (χ2v) is 3.45. The lowest BCUT2D eigenvalue weighted by molar-refractivity contribution is 0.0693. The highest BCUT2D eigenvalue weighted by atomic mass is 16.4. The first-order chi connectivity index (χ1) is 7.00. The Hall–Kier alpha value is -1.84. The Kier molecular flexibility index (Phi) is 3.44. The molecule has 0 heterocycles. The Balaban J connectivity index is 3.03. The summed E-state index contributed by atoms with van der Waals surface area (Å²) < 4.78 is 0. The van der Waals surface area contributed by atoms with Crippen molar-refractivity contribution < 1.29 is 15.0 Å². The molecule has 15 heavy (non-hydrogen) atoms. The number of aromatic hydroxyl groups is 1. The molecule has 1 aromatic rings. The van der Waals surface area contributed by atoms with Crippen molar-refractivity contribution in [1.29, 1.82) is 0 Å². The first-order valence-electron chi connectivity index (χ1n) is 4.60. The molecule has 4 heteroatoms. The molecule has 0 saturated carbocycles. The van der Waals surface area contributed by atoms with Crippen LogP contribution in [0.15, 0.2) is 23.2 Å². The van der Waals surface area contributed by atoms with E-state index in [4.69, 9.17) is 5.11 Å². The van der Waals surface area contributed by atoms with Gasteiger partial charge in [-0.3, -0.25) is 4.99 Å². The van der Waals surface area contributed by atoms with Crippen LogP contribution in [0.4, 0.5) is 0 Å². The molecule has 0 atom stereocenters. The van der Waals surface area contributed by atoms with Gasteiger partial charge in [0.1, 0.15) is 11.3 Å². The van der Waals surface area contributed by atoms with E-state index in [-0.39, 0.29) is 17.4 Å². The molecule has 0 radical (unpaired) electrons. The molecule has 0 aromatic heterocycles. The van der Waals surface area contributed by atoms with Crippen molar-refractivity contribution in [3.63, 3.8) is 0 Å². The average molecular weight is 207 g/mol. The Morgan fingerprint density at radius 3 is 2.67 bits per heavy atom. The van der Waals surface area contributed by atoms with Gasteiger partial charge in [0.2, 0.25) is 0 Å². The molecular weight excluding hydrogens is 194 g/mol. The molecule has 0 bridgehead atoms. The lowest BCUT2D eigenvalue weighted by atomic mass is 10.1. The van der Waals surface area contributed by atoms with Crippen LogP contribution in [0.2, 0.25) is 0 Å². The van der Waals surface area contributed by atoms with Crippen LogP contribution in [0.5, 0.6) is 5.75 Å². The Morgan fingerprint density at radius 2 is 2.13 bits per heavy atom. The summed E-state index contributed by atoms with van der Waals surface area (Å²) >= 11 is 0. The van der Waals surface area contributed by atoms with Crippen LogP contribution in [0, 0.1) is 0 Å². The van der Waals surface area contributed by atoms with Gasteiger partial charge in [-0.1, -0.05) is 0 Å². The molecule has 2 N–H and O–H groups in total. The summed E-state index contributed by atoms with van der Waals surface area (Å²) in [5.41, 5.74) is 0.557. The molecule has 1 rings (SSSR count). The van der Waals surface area contributed by atoms with Crippen LogP contribution >= 0.6 is 0 Å². The molecule has 80 valence electrons. The fourth-order valence-corrected chi connectivity index (χ4v) is 1.04. The molecule has 0 aliphatic carbocycles. The highest BCUT2D eigenvalue weighted by molar-refractivity contribution is 5.93. The minimum atomic E-state index is -1.15. The van der Waals surface area contributed by atoms with Crippen molar-refractivity contribution in [2.24, 2.45) is 4.99 Å². The van der Waals surface area contributed by atoms with E-state index in [1.165, 1.54) is 12.1 Å². The molecule has 0 spiro atoms. The Labute approximate surface area is 87.9 Å². The van der Waals surface area contributed by atoms with E-state index in [2.05, 4.69) is 4.99 Å². The zero-order valence-electron chi connectivity index (χ0n) is 8.64. The van der Waals surface area contributed by atoms with Crippen molar-refractivity contribution in [2.45, 2.75) is 19.9 Å². The molecule has 0 fully saturated rings. The highest BCUT2D eigenvalue weighted by Crippen LogP contribution is 2.17. The summed E-state index contributed by atoms with van der Waals surface area (Å²) in [5.74, 6) is -1.38. The van der Waals surface area contributed by atoms with Crippen LogP contribution in [-0.2, 0) is 0 Å². The van der Waals surface area contributed by atoms with Gasteiger partial charge in [-0.2, -0.15) is 0 Å². The van der Waals surface area contributed by atoms with Gasteiger partial charge >= 0.3 is 5.97 Å². The van der Waals surface area contributed by atoms with Crippen molar-refractivity contribution in [1.82, 2.24) is 0 Å². The van der Waals surface area contributed by atoms with E-state index in [9.17, 15) is 9.90 Å². The number of carbonyl (C=O) groups is 1. The van der Waals surface area contributed by atoms with E-state index in [0.29, 0.717) is 5.56 Å². The minimum Gasteiger partial charge on any atom is -0.507 e. The number of carboxylic acids is 1. The maximum absolute atomic E-state index is 10.7. The average Bonchev–Trinajstić information content (AvgIpc) is 2.16. The number of hydrogen-bond donors (Lipinski definition) is 2. The number of carboxylic acid groups (broad SMARTS) is 1. The minimum absolute atomic E-state index is 0.109. The van der Waals surface area contributed by atoms with Crippen LogP contribution in [-0.4, -0.2) is 28.4 Å². The van der Waals surface area contributed by atoms with Crippen LogP contribution in [0.1, 0.15) is 29.8 Å². The largest absolute Gasteiger partial charge is 0.507 e. The van der Waals surface area contributed by atoms with Crippen LogP contribution < -0.4 is 0 Å². The number of rotatable bonds is 3. The summed E-state index contributed by atoms with van der Waals surface area (Å²) in [6, 6.07) is 4.52. The third-order valence-electron chi connectivity index (χ3n) is 1.77. The summed E-state index contributed by atoms with van der Waals surface area (Å²) in [6.45, 7) is 3.85. The molecule has 0 unspecified atom stereocenters. The second-order valence-electron chi connectivity index (χ2n) is 3.45. The molecule has 4 nitrogen and oxygen atoms in total. The van der Waals surface area contributed by atoms with Gasteiger partial charge in [-0.15, -0.1) is 0 Å². The number of aliphatic imine (C=N–C) groups is 1. The highest BCUT2D eigenvalue weighted by Gasteiger charge is 2.08. The summed E-state index contributed by atoms with van der Waals surface area (Å²) in [4.78, 5) is 14.8. The normalized spacial score (nSPS) is 11.1. The van der Waals surface area contributed by atoms with Gasteiger partial charge in [-0.25, -0.2) is 4.79 Å². The van der Waals surface area contributed by atoms with Gasteiger partial charge in [-0.05, 0) is 37.6 Å².